The van der Waals surface area contributed by atoms with Gasteiger partial charge in [0.25, 0.3) is 5.91 Å². The van der Waals surface area contributed by atoms with E-state index in [1.165, 1.54) is 28.6 Å². The van der Waals surface area contributed by atoms with Gasteiger partial charge in [-0.15, -0.1) is 0 Å². The molecule has 2 aromatic carbocycles. The molecule has 2 aromatic rings. The molecule has 0 saturated carbocycles. The Morgan fingerprint density at radius 2 is 1.87 bits per heavy atom. The molecule has 0 fully saturated rings. The van der Waals surface area contributed by atoms with Crippen LogP contribution in [-0.4, -0.2) is 43.8 Å². The van der Waals surface area contributed by atoms with E-state index < -0.39 is 22.6 Å². The molecule has 1 atom stereocenters. The van der Waals surface area contributed by atoms with E-state index in [1.54, 1.807) is 0 Å². The van der Waals surface area contributed by atoms with Gasteiger partial charge in [0.1, 0.15) is 0 Å². The van der Waals surface area contributed by atoms with Crippen molar-refractivity contribution >= 4 is 21.9 Å². The molecule has 31 heavy (non-hydrogen) atoms. The van der Waals surface area contributed by atoms with Crippen LogP contribution >= 0.6 is 0 Å². The second kappa shape index (κ2) is 10.1. The van der Waals surface area contributed by atoms with Crippen molar-refractivity contribution in [1.29, 1.82) is 0 Å². The molecule has 7 nitrogen and oxygen atoms in total. The van der Waals surface area contributed by atoms with Crippen molar-refractivity contribution in [2.45, 2.75) is 50.6 Å². The summed E-state index contributed by atoms with van der Waals surface area (Å²) in [5.74, 6) is -1.12. The highest BCUT2D eigenvalue weighted by Crippen LogP contribution is 2.25. The molecule has 0 radical (unpaired) electrons. The Morgan fingerprint density at radius 1 is 1.13 bits per heavy atom. The molecule has 1 aliphatic rings. The first-order chi connectivity index (χ1) is 14.8. The molecular formula is C23H28N2O5S. The van der Waals surface area contributed by atoms with Crippen molar-refractivity contribution in [2.24, 2.45) is 0 Å². The number of amides is 1. The molecule has 1 amide bonds. The number of rotatable bonds is 8. The van der Waals surface area contributed by atoms with E-state index in [1.807, 2.05) is 38.1 Å². The number of benzene rings is 2. The maximum absolute atomic E-state index is 13.1. The summed E-state index contributed by atoms with van der Waals surface area (Å²) in [6.45, 7) is 4.17. The standard InChI is InChI=1S/C23H28N2O5S/c1-3-7-17(2)24-22(26)16-30-23(27)19-10-6-11-21(14-19)31(28,29)25-13-12-18-8-4-5-9-20(18)15-25/h4-6,8-11,14,17H,3,7,12-13,15-16H2,1-2H3,(H,24,26). The predicted octanol–water partition coefficient (Wildman–Crippen LogP) is 2.90. The maximum atomic E-state index is 13.1. The van der Waals surface area contributed by atoms with E-state index in [4.69, 9.17) is 4.74 Å². The molecule has 1 heterocycles. The molecule has 0 aliphatic carbocycles. The molecule has 0 saturated heterocycles. The number of nitrogens with one attached hydrogen (secondary N) is 1. The Labute approximate surface area is 183 Å². The Balaban J connectivity index is 1.67. The number of carbonyl (C=O) groups excluding carboxylic acids is 2. The lowest BCUT2D eigenvalue weighted by atomic mass is 10.0. The quantitative estimate of drug-likeness (QED) is 0.632. The summed E-state index contributed by atoms with van der Waals surface area (Å²) in [7, 11) is -3.77. The van der Waals surface area contributed by atoms with E-state index in [2.05, 4.69) is 5.32 Å². The Hall–Kier alpha value is -2.71. The third kappa shape index (κ3) is 5.71. The Kier molecular flexibility index (Phi) is 7.46. The molecule has 0 spiro atoms. The van der Waals surface area contributed by atoms with Crippen molar-refractivity contribution in [3.8, 4) is 0 Å². The van der Waals surface area contributed by atoms with Gasteiger partial charge in [0.2, 0.25) is 10.0 Å². The Bertz CT molecular complexity index is 1050. The SMILES string of the molecule is CCCC(C)NC(=O)COC(=O)c1cccc(S(=O)(=O)N2CCc3ccccc3C2)c1. The largest absolute Gasteiger partial charge is 0.452 e. The van der Waals surface area contributed by atoms with Gasteiger partial charge in [0, 0.05) is 19.1 Å². The second-order valence-corrected chi connectivity index (χ2v) is 9.66. The zero-order chi connectivity index (χ0) is 22.4. The van der Waals surface area contributed by atoms with E-state index >= 15 is 0 Å². The topological polar surface area (TPSA) is 92.8 Å². The van der Waals surface area contributed by atoms with Crippen molar-refractivity contribution in [1.82, 2.24) is 9.62 Å². The number of hydrogen-bond donors (Lipinski definition) is 1. The minimum absolute atomic E-state index is 0.000605. The third-order valence-corrected chi connectivity index (χ3v) is 7.11. The first-order valence-electron chi connectivity index (χ1n) is 10.4. The summed E-state index contributed by atoms with van der Waals surface area (Å²) < 4.78 is 32.7. The van der Waals surface area contributed by atoms with Crippen LogP contribution in [0, 0.1) is 0 Å². The number of nitrogens with zero attached hydrogens (tertiary/aromatic N) is 1. The number of ether oxygens (including phenoxy) is 1. The molecule has 0 bridgehead atoms. The minimum Gasteiger partial charge on any atom is -0.452 e. The van der Waals surface area contributed by atoms with Gasteiger partial charge in [0.05, 0.1) is 10.5 Å². The average Bonchev–Trinajstić information content (AvgIpc) is 2.77. The molecule has 166 valence electrons. The lowest BCUT2D eigenvalue weighted by Gasteiger charge is -2.28. The Morgan fingerprint density at radius 3 is 2.61 bits per heavy atom. The molecule has 3 rings (SSSR count). The van der Waals surface area contributed by atoms with E-state index in [-0.39, 0.29) is 22.4 Å². The average molecular weight is 445 g/mol. The van der Waals surface area contributed by atoms with Crippen molar-refractivity contribution in [2.75, 3.05) is 13.2 Å². The monoisotopic (exact) mass is 444 g/mol. The van der Waals surface area contributed by atoms with Crippen molar-refractivity contribution in [3.05, 3.63) is 65.2 Å². The van der Waals surface area contributed by atoms with Crippen LogP contribution in [-0.2, 0) is 32.5 Å². The van der Waals surface area contributed by atoms with Crippen molar-refractivity contribution < 1.29 is 22.7 Å². The summed E-state index contributed by atoms with van der Waals surface area (Å²) in [5.41, 5.74) is 2.22. The van der Waals surface area contributed by atoms with Gasteiger partial charge in [0.15, 0.2) is 6.61 Å². The summed E-state index contributed by atoms with van der Waals surface area (Å²) in [6.07, 6.45) is 2.41. The predicted molar refractivity (Wildman–Crippen MR) is 117 cm³/mol. The van der Waals surface area contributed by atoms with Gasteiger partial charge in [-0.3, -0.25) is 4.79 Å². The highest BCUT2D eigenvalue weighted by molar-refractivity contribution is 7.89. The van der Waals surface area contributed by atoms with Gasteiger partial charge >= 0.3 is 5.97 Å². The van der Waals surface area contributed by atoms with Crippen LogP contribution in [0.25, 0.3) is 0 Å². The number of fused-ring (bicyclic) bond motifs is 1. The molecule has 1 N–H and O–H groups in total. The van der Waals surface area contributed by atoms with Crippen molar-refractivity contribution in [3.63, 3.8) is 0 Å². The summed E-state index contributed by atoms with van der Waals surface area (Å²) in [5, 5.41) is 2.76. The maximum Gasteiger partial charge on any atom is 0.338 e. The number of sulfonamides is 1. The van der Waals surface area contributed by atoms with Gasteiger partial charge in [-0.05, 0) is 49.1 Å². The molecule has 1 aliphatic heterocycles. The van der Waals surface area contributed by atoms with Gasteiger partial charge in [-0.25, -0.2) is 13.2 Å². The number of carbonyl (C=O) groups is 2. The molecule has 0 aromatic heterocycles. The first-order valence-corrected chi connectivity index (χ1v) is 11.9. The van der Waals surface area contributed by atoms with Gasteiger partial charge in [-0.1, -0.05) is 43.7 Å². The van der Waals surface area contributed by atoms with Crippen LogP contribution in [0.3, 0.4) is 0 Å². The zero-order valence-electron chi connectivity index (χ0n) is 17.8. The van der Waals surface area contributed by atoms with Crippen LogP contribution in [0.1, 0.15) is 48.2 Å². The molecular weight excluding hydrogens is 416 g/mol. The van der Waals surface area contributed by atoms with Gasteiger partial charge in [-0.2, -0.15) is 4.31 Å². The summed E-state index contributed by atoms with van der Waals surface area (Å²) in [4.78, 5) is 24.3. The smallest absolute Gasteiger partial charge is 0.338 e. The first kappa shape index (κ1) is 23.0. The normalized spacial score (nSPS) is 15.0. The van der Waals surface area contributed by atoms with Crippen LogP contribution in [0.2, 0.25) is 0 Å². The second-order valence-electron chi connectivity index (χ2n) is 7.72. The van der Waals surface area contributed by atoms with Crippen LogP contribution in [0.4, 0.5) is 0 Å². The van der Waals surface area contributed by atoms with E-state index in [9.17, 15) is 18.0 Å². The fraction of sp³-hybridized carbons (Fsp3) is 0.391. The van der Waals surface area contributed by atoms with Crippen LogP contribution in [0.5, 0.6) is 0 Å². The number of esters is 1. The zero-order valence-corrected chi connectivity index (χ0v) is 18.7. The molecule has 1 unspecified atom stereocenters. The fourth-order valence-corrected chi connectivity index (χ4v) is 5.11. The highest BCUT2D eigenvalue weighted by atomic mass is 32.2. The van der Waals surface area contributed by atoms with E-state index in [0.29, 0.717) is 19.5 Å². The lowest BCUT2D eigenvalue weighted by Crippen LogP contribution is -2.36. The summed E-state index contributed by atoms with van der Waals surface area (Å²) in [6, 6.07) is 13.5. The van der Waals surface area contributed by atoms with Crippen LogP contribution in [0.15, 0.2) is 53.4 Å². The third-order valence-electron chi connectivity index (χ3n) is 5.27. The fourth-order valence-electron chi connectivity index (χ4n) is 3.64. The molecule has 8 heteroatoms. The van der Waals surface area contributed by atoms with Gasteiger partial charge < -0.3 is 10.1 Å². The van der Waals surface area contributed by atoms with E-state index in [0.717, 1.165) is 24.0 Å². The minimum atomic E-state index is -3.77. The van der Waals surface area contributed by atoms with Crippen LogP contribution < -0.4 is 5.32 Å². The lowest BCUT2D eigenvalue weighted by molar-refractivity contribution is -0.124. The summed E-state index contributed by atoms with van der Waals surface area (Å²) >= 11 is 0. The highest BCUT2D eigenvalue weighted by Gasteiger charge is 2.28. The number of hydrogen-bond acceptors (Lipinski definition) is 5.